The van der Waals surface area contributed by atoms with Crippen molar-refractivity contribution >= 4 is 111 Å². The molecule has 16 heteroatoms. The summed E-state index contributed by atoms with van der Waals surface area (Å²) in [6.07, 6.45) is 3.73. The number of pyridine rings is 2. The van der Waals surface area contributed by atoms with Crippen LogP contribution in [-0.4, -0.2) is 70.8 Å². The second-order valence-electron chi connectivity index (χ2n) is 27.9. The highest BCUT2D eigenvalue weighted by atomic mass is 79.9. The molecular formula is C100H65BBrN12O2. The summed E-state index contributed by atoms with van der Waals surface area (Å²) in [5.74, 6) is 4.32. The molecule has 22 aromatic rings. The molecule has 0 bridgehead atoms. The minimum atomic E-state index is 0.587. The SMILES string of the molecule is Brc1ccc2c(c1)c1ncccc1n2-c1ccccc1.O[B]Oc1cccc2c1c1ccccc1n2-c1cccc(-c2nc(-c3ccccc3)nc(-c3ccccc3)n2)c1.c1ccc(-c2nc(-c3ccccc3)nc(-c3cccc(-n4c5ccccc5c5c(-c6ccc7c(c6)c6ncccc6n7-c6ccccc6)cccc54)c3)n2)cc1. The second-order valence-corrected chi connectivity index (χ2v) is 28.8. The van der Waals surface area contributed by atoms with Crippen LogP contribution in [0.1, 0.15) is 0 Å². The van der Waals surface area contributed by atoms with Crippen molar-refractivity contribution < 1.29 is 9.68 Å². The minimum absolute atomic E-state index is 0.587. The lowest BCUT2D eigenvalue weighted by Crippen LogP contribution is -2.01. The van der Waals surface area contributed by atoms with Gasteiger partial charge in [0.15, 0.2) is 34.9 Å². The standard InChI is InChI=1S/C50H32N6.C33H22BN4O2.C17H11BrN2/c1-4-15-33(16-5-1)48-52-49(34-17-6-2-7-18-34)54-50(53-48)36-19-12-22-38(31-36)56-42-25-11-10-23-40(42)46-39(24-13-26-44(46)56)35-28-29-43-41(32-35)47-45(27-14-30-51-47)55(43)37-20-8-3-9-21-37;39-34-40-29-20-10-19-28-30(29)26-17-7-8-18-27(26)38(28)25-16-9-15-24(21-25)33-36-31(22-11-3-1-4-12-22)35-32(37-33)23-13-5-2-6-14-23;18-12-8-9-15-14(11-12)17-16(7-4-10-19-17)20(15)13-5-2-1-3-6-13/h1-32H;1-21,39H;1-11H. The number of hydrogen-bond acceptors (Lipinski definition) is 10. The highest BCUT2D eigenvalue weighted by Gasteiger charge is 2.23. The first kappa shape index (κ1) is 70.1. The van der Waals surface area contributed by atoms with Crippen LogP contribution in [-0.2, 0) is 0 Å². The molecule has 14 nitrogen and oxygen atoms in total. The first-order valence-electron chi connectivity index (χ1n) is 38.1. The van der Waals surface area contributed by atoms with Gasteiger partial charge in [0.05, 0.1) is 55.2 Å². The number of fused-ring (bicyclic) bond motifs is 12. The Morgan fingerprint density at radius 1 is 0.250 bits per heavy atom. The third-order valence-electron chi connectivity index (χ3n) is 21.0. The lowest BCUT2D eigenvalue weighted by atomic mass is 9.98. The van der Waals surface area contributed by atoms with Gasteiger partial charge in [0, 0.05) is 105 Å². The largest absolute Gasteiger partial charge is 0.569 e. The van der Waals surface area contributed by atoms with E-state index >= 15 is 0 Å². The zero-order chi connectivity index (χ0) is 77.4. The average molecular weight is 1560 g/mol. The molecule has 8 heterocycles. The van der Waals surface area contributed by atoms with Gasteiger partial charge in [0.1, 0.15) is 5.75 Å². The van der Waals surface area contributed by atoms with Crippen molar-refractivity contribution in [1.29, 1.82) is 0 Å². The summed E-state index contributed by atoms with van der Waals surface area (Å²) in [4.78, 5) is 39.0. The smallest absolute Gasteiger partial charge is 0.537 e. The molecule has 0 aliphatic carbocycles. The molecule has 0 fully saturated rings. The highest BCUT2D eigenvalue weighted by Crippen LogP contribution is 2.44. The van der Waals surface area contributed by atoms with Crippen molar-refractivity contribution in [2.24, 2.45) is 0 Å². The summed E-state index contributed by atoms with van der Waals surface area (Å²) in [5.41, 5.74) is 22.9. The van der Waals surface area contributed by atoms with E-state index in [1.54, 1.807) is 0 Å². The third kappa shape index (κ3) is 13.0. The van der Waals surface area contributed by atoms with Crippen LogP contribution in [0.25, 0.3) is 190 Å². The van der Waals surface area contributed by atoms with Gasteiger partial charge in [-0.3, -0.25) is 9.97 Å². The molecule has 0 aliphatic rings. The fraction of sp³-hybridized carbons (Fsp3) is 0. The predicted molar refractivity (Wildman–Crippen MR) is 473 cm³/mol. The van der Waals surface area contributed by atoms with Gasteiger partial charge < -0.3 is 27.9 Å². The van der Waals surface area contributed by atoms with Gasteiger partial charge in [-0.15, -0.1) is 0 Å². The first-order chi connectivity index (χ1) is 57.4. The van der Waals surface area contributed by atoms with Gasteiger partial charge in [0.2, 0.25) is 0 Å². The Bertz CT molecular complexity index is 7320. The third-order valence-corrected chi connectivity index (χ3v) is 21.5. The van der Waals surface area contributed by atoms with E-state index in [4.69, 9.17) is 39.5 Å². The molecule has 547 valence electrons. The zero-order valence-electron chi connectivity index (χ0n) is 62.1. The van der Waals surface area contributed by atoms with Crippen LogP contribution in [0, 0.1) is 0 Å². The normalized spacial score (nSPS) is 11.4. The van der Waals surface area contributed by atoms with Gasteiger partial charge in [-0.1, -0.05) is 259 Å². The molecule has 22 rings (SSSR count). The molecule has 1 radical (unpaired) electrons. The molecule has 0 saturated heterocycles. The number of halogens is 1. The number of aromatic nitrogens is 12. The summed E-state index contributed by atoms with van der Waals surface area (Å²) in [5, 5.41) is 16.0. The van der Waals surface area contributed by atoms with Crippen molar-refractivity contribution in [3.8, 4) is 108 Å². The van der Waals surface area contributed by atoms with Crippen LogP contribution in [0.2, 0.25) is 0 Å². The van der Waals surface area contributed by atoms with Crippen LogP contribution in [0.15, 0.2) is 393 Å². The summed E-state index contributed by atoms with van der Waals surface area (Å²) in [7, 11) is 0.719. The minimum Gasteiger partial charge on any atom is -0.537 e. The summed E-state index contributed by atoms with van der Waals surface area (Å²) >= 11 is 3.55. The predicted octanol–water partition coefficient (Wildman–Crippen LogP) is 23.9. The lowest BCUT2D eigenvalue weighted by molar-refractivity contribution is 0.457. The maximum atomic E-state index is 9.37. The number of benzene rings is 14. The fourth-order valence-electron chi connectivity index (χ4n) is 15.9. The van der Waals surface area contributed by atoms with Crippen LogP contribution in [0.4, 0.5) is 0 Å². The quantitative estimate of drug-likeness (QED) is 0.110. The van der Waals surface area contributed by atoms with Crippen molar-refractivity contribution in [3.05, 3.63) is 393 Å². The van der Waals surface area contributed by atoms with E-state index < -0.39 is 0 Å². The Kier molecular flexibility index (Phi) is 18.4. The Hall–Kier alpha value is -15.1. The van der Waals surface area contributed by atoms with Gasteiger partial charge >= 0.3 is 7.69 Å². The Morgan fingerprint density at radius 3 is 1.05 bits per heavy atom. The van der Waals surface area contributed by atoms with Crippen molar-refractivity contribution in [1.82, 2.24) is 58.1 Å². The number of hydrogen-bond donors (Lipinski definition) is 1. The van der Waals surface area contributed by atoms with Crippen LogP contribution < -0.4 is 4.65 Å². The molecule has 0 amide bonds. The Labute approximate surface area is 675 Å². The van der Waals surface area contributed by atoms with E-state index in [0.717, 1.165) is 140 Å². The highest BCUT2D eigenvalue weighted by molar-refractivity contribution is 9.10. The van der Waals surface area contributed by atoms with Crippen molar-refractivity contribution in [2.75, 3.05) is 0 Å². The second kappa shape index (κ2) is 30.5. The zero-order valence-corrected chi connectivity index (χ0v) is 63.7. The van der Waals surface area contributed by atoms with Gasteiger partial charge in [-0.25, -0.2) is 29.9 Å². The number of para-hydroxylation sites is 4. The van der Waals surface area contributed by atoms with E-state index in [0.29, 0.717) is 40.7 Å². The van der Waals surface area contributed by atoms with Gasteiger partial charge in [-0.05, 0) is 145 Å². The first-order valence-corrected chi connectivity index (χ1v) is 38.9. The van der Waals surface area contributed by atoms with Crippen molar-refractivity contribution in [3.63, 3.8) is 0 Å². The Morgan fingerprint density at radius 2 is 0.586 bits per heavy atom. The average Bonchev–Trinajstić information content (AvgIpc) is 1.58. The van der Waals surface area contributed by atoms with E-state index in [1.807, 2.05) is 188 Å². The molecule has 14 aromatic carbocycles. The van der Waals surface area contributed by atoms with Crippen molar-refractivity contribution in [2.45, 2.75) is 0 Å². The monoisotopic (exact) mass is 1560 g/mol. The molecule has 1 N–H and O–H groups in total. The Balaban J connectivity index is 0.000000125. The number of nitrogens with zero attached hydrogens (tertiary/aromatic N) is 12. The molecule has 0 spiro atoms. The maximum Gasteiger partial charge on any atom is 0.569 e. The van der Waals surface area contributed by atoms with Gasteiger partial charge in [0.25, 0.3) is 0 Å². The summed E-state index contributed by atoms with van der Waals surface area (Å²) < 4.78 is 15.6. The topological polar surface area (TPSA) is 152 Å². The molecule has 116 heavy (non-hydrogen) atoms. The molecule has 0 unspecified atom stereocenters. The lowest BCUT2D eigenvalue weighted by Gasteiger charge is -2.12. The fourth-order valence-corrected chi connectivity index (χ4v) is 16.3. The number of rotatable bonds is 13. The van der Waals surface area contributed by atoms with Crippen LogP contribution >= 0.6 is 15.9 Å². The van der Waals surface area contributed by atoms with Crippen LogP contribution in [0.3, 0.4) is 0 Å². The van der Waals surface area contributed by atoms with E-state index in [-0.39, 0.29) is 0 Å². The maximum absolute atomic E-state index is 9.37. The molecule has 0 saturated carbocycles. The van der Waals surface area contributed by atoms with Gasteiger partial charge in [-0.2, -0.15) is 0 Å². The molecule has 0 aliphatic heterocycles. The van der Waals surface area contributed by atoms with Crippen LogP contribution in [0.5, 0.6) is 5.75 Å². The molecule has 0 atom stereocenters. The molecule has 8 aromatic heterocycles. The van der Waals surface area contributed by atoms with E-state index in [9.17, 15) is 5.02 Å². The van der Waals surface area contributed by atoms with E-state index in [2.05, 4.69) is 239 Å². The van der Waals surface area contributed by atoms with E-state index in [1.165, 1.54) is 27.2 Å². The molecular weight excluding hydrogens is 1490 g/mol. The summed E-state index contributed by atoms with van der Waals surface area (Å²) in [6.45, 7) is 0. The summed E-state index contributed by atoms with van der Waals surface area (Å²) in [6, 6.07) is 128.